The van der Waals surface area contributed by atoms with Gasteiger partial charge in [-0.15, -0.1) is 12.4 Å². The zero-order chi connectivity index (χ0) is 15.4. The number of rotatable bonds is 4. The van der Waals surface area contributed by atoms with E-state index in [0.717, 1.165) is 45.4 Å². The Kier molecular flexibility index (Phi) is 7.14. The summed E-state index contributed by atoms with van der Waals surface area (Å²) in [6.45, 7) is 6.61. The van der Waals surface area contributed by atoms with Gasteiger partial charge in [-0.1, -0.05) is 6.42 Å². The van der Waals surface area contributed by atoms with Gasteiger partial charge in [0.2, 0.25) is 5.91 Å². The van der Waals surface area contributed by atoms with Crippen LogP contribution in [0.15, 0.2) is 0 Å². The summed E-state index contributed by atoms with van der Waals surface area (Å²) in [6, 6.07) is 0.699. The van der Waals surface area contributed by atoms with Gasteiger partial charge in [0.15, 0.2) is 0 Å². The Morgan fingerprint density at radius 3 is 2.43 bits per heavy atom. The fourth-order valence-corrected chi connectivity index (χ4v) is 4.44. The number of carbonyl (C=O) groups excluding carboxylic acids is 1. The molecule has 0 bridgehead atoms. The van der Waals surface area contributed by atoms with Crippen molar-refractivity contribution >= 4 is 18.3 Å². The second-order valence-corrected chi connectivity index (χ2v) is 7.26. The van der Waals surface area contributed by atoms with Crippen molar-refractivity contribution in [2.45, 2.75) is 44.6 Å². The number of hydrogen-bond donors (Lipinski definition) is 1. The number of amides is 1. The molecule has 0 saturated carbocycles. The average molecular weight is 346 g/mol. The molecule has 3 aliphatic rings. The first kappa shape index (κ1) is 19.0. The van der Waals surface area contributed by atoms with Gasteiger partial charge in [0.25, 0.3) is 0 Å². The first-order chi connectivity index (χ1) is 10.7. The van der Waals surface area contributed by atoms with E-state index in [2.05, 4.69) is 15.1 Å². The molecule has 6 heteroatoms. The first-order valence-electron chi connectivity index (χ1n) is 8.98. The highest BCUT2D eigenvalue weighted by atomic mass is 35.5. The third-order valence-corrected chi connectivity index (χ3v) is 5.78. The quantitative estimate of drug-likeness (QED) is 0.839. The molecule has 3 rings (SSSR count). The van der Waals surface area contributed by atoms with Crippen LogP contribution < -0.4 is 5.32 Å². The number of piperidine rings is 2. The molecule has 1 atom stereocenters. The van der Waals surface area contributed by atoms with Crippen LogP contribution in [0.5, 0.6) is 0 Å². The summed E-state index contributed by atoms with van der Waals surface area (Å²) < 4.78 is 5.36. The molecule has 3 fully saturated rings. The molecule has 3 heterocycles. The van der Waals surface area contributed by atoms with Gasteiger partial charge in [0, 0.05) is 32.8 Å². The van der Waals surface area contributed by atoms with Crippen molar-refractivity contribution in [2.24, 2.45) is 5.41 Å². The normalized spacial score (nSPS) is 30.2. The molecule has 0 radical (unpaired) electrons. The number of nitrogens with zero attached hydrogens (tertiary/aromatic N) is 2. The highest BCUT2D eigenvalue weighted by Crippen LogP contribution is 2.30. The minimum absolute atomic E-state index is 0. The van der Waals surface area contributed by atoms with E-state index >= 15 is 0 Å². The highest BCUT2D eigenvalue weighted by molar-refractivity contribution is 5.85. The summed E-state index contributed by atoms with van der Waals surface area (Å²) in [5.41, 5.74) is -0.313. The first-order valence-corrected chi connectivity index (χ1v) is 8.98. The Morgan fingerprint density at radius 2 is 1.87 bits per heavy atom. The Morgan fingerprint density at radius 1 is 1.17 bits per heavy atom. The van der Waals surface area contributed by atoms with Crippen molar-refractivity contribution in [3.63, 3.8) is 0 Å². The van der Waals surface area contributed by atoms with Crippen molar-refractivity contribution in [1.82, 2.24) is 15.1 Å². The number of nitrogens with one attached hydrogen (secondary N) is 1. The van der Waals surface area contributed by atoms with E-state index in [1.54, 1.807) is 7.11 Å². The van der Waals surface area contributed by atoms with Crippen LogP contribution in [-0.4, -0.2) is 74.7 Å². The summed E-state index contributed by atoms with van der Waals surface area (Å²) in [6.07, 6.45) is 7.28. The third-order valence-electron chi connectivity index (χ3n) is 5.78. The lowest BCUT2D eigenvalue weighted by molar-refractivity contribution is -0.145. The van der Waals surface area contributed by atoms with Crippen LogP contribution in [0.3, 0.4) is 0 Å². The van der Waals surface area contributed by atoms with Crippen LogP contribution in [-0.2, 0) is 9.53 Å². The summed E-state index contributed by atoms with van der Waals surface area (Å²) in [4.78, 5) is 17.8. The summed E-state index contributed by atoms with van der Waals surface area (Å²) in [7, 11) is 1.70. The Bertz CT molecular complexity index is 374. The average Bonchev–Trinajstić information content (AvgIpc) is 3.05. The van der Waals surface area contributed by atoms with Gasteiger partial charge in [-0.05, 0) is 51.7 Å². The Labute approximate surface area is 146 Å². The molecule has 3 saturated heterocycles. The lowest BCUT2D eigenvalue weighted by atomic mass is 9.85. The number of carbonyl (C=O) groups is 1. The maximum atomic E-state index is 13.0. The molecular formula is C17H32ClN3O2. The van der Waals surface area contributed by atoms with Gasteiger partial charge in [0.05, 0.1) is 12.0 Å². The number of ether oxygens (including phenoxy) is 1. The van der Waals surface area contributed by atoms with Crippen LogP contribution >= 0.6 is 12.4 Å². The fraction of sp³-hybridized carbons (Fsp3) is 0.941. The van der Waals surface area contributed by atoms with Gasteiger partial charge in [0.1, 0.15) is 0 Å². The molecule has 23 heavy (non-hydrogen) atoms. The van der Waals surface area contributed by atoms with Gasteiger partial charge < -0.3 is 19.9 Å². The van der Waals surface area contributed by atoms with E-state index in [1.807, 2.05) is 0 Å². The van der Waals surface area contributed by atoms with Crippen LogP contribution in [0, 0.1) is 5.41 Å². The van der Waals surface area contributed by atoms with E-state index in [1.165, 1.54) is 32.4 Å². The van der Waals surface area contributed by atoms with E-state index in [4.69, 9.17) is 4.74 Å². The van der Waals surface area contributed by atoms with Crippen LogP contribution in [0.2, 0.25) is 0 Å². The second-order valence-electron chi connectivity index (χ2n) is 7.26. The van der Waals surface area contributed by atoms with Crippen molar-refractivity contribution in [1.29, 1.82) is 0 Å². The molecule has 3 aliphatic heterocycles. The van der Waals surface area contributed by atoms with E-state index < -0.39 is 0 Å². The van der Waals surface area contributed by atoms with Gasteiger partial charge in [-0.2, -0.15) is 0 Å². The molecule has 0 aromatic carbocycles. The Hall–Kier alpha value is -0.360. The van der Waals surface area contributed by atoms with Gasteiger partial charge in [-0.3, -0.25) is 4.79 Å². The minimum atomic E-state index is -0.313. The number of halogens is 1. The summed E-state index contributed by atoms with van der Waals surface area (Å²) >= 11 is 0. The largest absolute Gasteiger partial charge is 0.384 e. The molecule has 0 aromatic rings. The SMILES string of the molecule is COCC1(C(=O)N2CCC(N3CCCCC3)CC2)CCNC1.Cl. The van der Waals surface area contributed by atoms with Crippen molar-refractivity contribution < 1.29 is 9.53 Å². The number of likely N-dealkylation sites (tertiary alicyclic amines) is 2. The van der Waals surface area contributed by atoms with E-state index in [-0.39, 0.29) is 17.8 Å². The predicted octanol–water partition coefficient (Wildman–Crippen LogP) is 1.51. The van der Waals surface area contributed by atoms with Crippen LogP contribution in [0.1, 0.15) is 38.5 Å². The second kappa shape index (κ2) is 8.65. The zero-order valence-electron chi connectivity index (χ0n) is 14.4. The zero-order valence-corrected chi connectivity index (χ0v) is 15.2. The van der Waals surface area contributed by atoms with Crippen molar-refractivity contribution in [3.8, 4) is 0 Å². The van der Waals surface area contributed by atoms with Gasteiger partial charge >= 0.3 is 0 Å². The minimum Gasteiger partial charge on any atom is -0.384 e. The molecule has 0 aromatic heterocycles. The van der Waals surface area contributed by atoms with Crippen LogP contribution in [0.4, 0.5) is 0 Å². The fourth-order valence-electron chi connectivity index (χ4n) is 4.44. The smallest absolute Gasteiger partial charge is 0.232 e. The monoisotopic (exact) mass is 345 g/mol. The summed E-state index contributed by atoms with van der Waals surface area (Å²) in [5.74, 6) is 0.316. The number of hydrogen-bond acceptors (Lipinski definition) is 4. The molecule has 1 unspecified atom stereocenters. The lowest BCUT2D eigenvalue weighted by Gasteiger charge is -2.42. The molecule has 1 N–H and O–H groups in total. The third kappa shape index (κ3) is 4.19. The van der Waals surface area contributed by atoms with E-state index in [0.29, 0.717) is 18.6 Å². The predicted molar refractivity (Wildman–Crippen MR) is 94.1 cm³/mol. The molecular weight excluding hydrogens is 314 g/mol. The van der Waals surface area contributed by atoms with Crippen molar-refractivity contribution in [2.75, 3.05) is 53.0 Å². The Balaban J connectivity index is 0.00000192. The molecule has 0 aliphatic carbocycles. The number of methoxy groups -OCH3 is 1. The van der Waals surface area contributed by atoms with E-state index in [9.17, 15) is 4.79 Å². The topological polar surface area (TPSA) is 44.8 Å². The highest BCUT2D eigenvalue weighted by Gasteiger charge is 2.44. The molecule has 5 nitrogen and oxygen atoms in total. The molecule has 134 valence electrons. The lowest BCUT2D eigenvalue weighted by Crippen LogP contribution is -2.53. The van der Waals surface area contributed by atoms with Gasteiger partial charge in [-0.25, -0.2) is 0 Å². The maximum Gasteiger partial charge on any atom is 0.232 e. The van der Waals surface area contributed by atoms with Crippen LogP contribution in [0.25, 0.3) is 0 Å². The summed E-state index contributed by atoms with van der Waals surface area (Å²) in [5, 5.41) is 3.34. The van der Waals surface area contributed by atoms with Crippen molar-refractivity contribution in [3.05, 3.63) is 0 Å². The molecule has 1 amide bonds. The maximum absolute atomic E-state index is 13.0. The molecule has 0 spiro atoms. The standard InChI is InChI=1S/C17H31N3O2.ClH/c1-22-14-17(7-8-18-13-17)16(21)20-11-5-15(6-12-20)19-9-3-2-4-10-19;/h15,18H,2-14H2,1H3;1H.